The van der Waals surface area contributed by atoms with E-state index in [2.05, 4.69) is 20.6 Å². The summed E-state index contributed by atoms with van der Waals surface area (Å²) in [5.74, 6) is -0.369. The molecule has 0 radical (unpaired) electrons. The molecule has 3 heterocycles. The third kappa shape index (κ3) is 4.51. The number of halogens is 1. The highest BCUT2D eigenvalue weighted by Gasteiger charge is 2.38. The number of ether oxygens (including phenoxy) is 1. The molecule has 0 spiro atoms. The van der Waals surface area contributed by atoms with E-state index in [0.717, 1.165) is 21.8 Å². The SMILES string of the molecule is CCNC(=O)CN1CC(C)(C)OC[C@H]1C(=O)Nc1cc(Cl)cc2c1[nH]c1cnccc12. The van der Waals surface area contributed by atoms with E-state index in [9.17, 15) is 9.59 Å². The zero-order valence-electron chi connectivity index (χ0n) is 17.8. The summed E-state index contributed by atoms with van der Waals surface area (Å²) in [6, 6.07) is 4.88. The normalized spacial score (nSPS) is 18.9. The number of hydrogen-bond acceptors (Lipinski definition) is 5. The number of benzene rings is 1. The van der Waals surface area contributed by atoms with Gasteiger partial charge in [-0.1, -0.05) is 11.6 Å². The lowest BCUT2D eigenvalue weighted by Gasteiger charge is -2.42. The highest BCUT2D eigenvalue weighted by atomic mass is 35.5. The molecule has 3 aromatic rings. The van der Waals surface area contributed by atoms with Crippen LogP contribution in [0.3, 0.4) is 0 Å². The minimum Gasteiger partial charge on any atom is -0.372 e. The molecular formula is C22H26ClN5O3. The predicted octanol–water partition coefficient (Wildman–Crippen LogP) is 2.92. The number of carbonyl (C=O) groups is 2. The van der Waals surface area contributed by atoms with Gasteiger partial charge in [0.1, 0.15) is 6.04 Å². The average molecular weight is 444 g/mol. The maximum atomic E-state index is 13.3. The molecule has 0 bridgehead atoms. The topological polar surface area (TPSA) is 99.4 Å². The maximum absolute atomic E-state index is 13.3. The first kappa shape index (κ1) is 21.5. The van der Waals surface area contributed by atoms with Gasteiger partial charge in [-0.05, 0) is 39.0 Å². The molecule has 1 fully saturated rings. The van der Waals surface area contributed by atoms with E-state index in [-0.39, 0.29) is 25.0 Å². The first-order valence-corrected chi connectivity index (χ1v) is 10.7. The van der Waals surface area contributed by atoms with Crippen molar-refractivity contribution in [1.82, 2.24) is 20.2 Å². The fraction of sp³-hybridized carbons (Fsp3) is 0.409. The number of rotatable bonds is 5. The number of hydrogen-bond donors (Lipinski definition) is 3. The van der Waals surface area contributed by atoms with Crippen molar-refractivity contribution in [2.45, 2.75) is 32.4 Å². The number of carbonyl (C=O) groups excluding carboxylic acids is 2. The van der Waals surface area contributed by atoms with Crippen molar-refractivity contribution in [3.63, 3.8) is 0 Å². The Bertz CT molecular complexity index is 1140. The van der Waals surface area contributed by atoms with Crippen molar-refractivity contribution >= 4 is 50.9 Å². The van der Waals surface area contributed by atoms with Gasteiger partial charge in [-0.15, -0.1) is 0 Å². The predicted molar refractivity (Wildman–Crippen MR) is 121 cm³/mol. The minimum absolute atomic E-state index is 0.119. The van der Waals surface area contributed by atoms with Gasteiger partial charge in [-0.3, -0.25) is 19.5 Å². The average Bonchev–Trinajstić information content (AvgIpc) is 3.06. The van der Waals surface area contributed by atoms with Crippen LogP contribution in [0.1, 0.15) is 20.8 Å². The molecule has 164 valence electrons. The first-order valence-electron chi connectivity index (χ1n) is 10.3. The van der Waals surface area contributed by atoms with Gasteiger partial charge in [0, 0.05) is 35.1 Å². The Morgan fingerprint density at radius 3 is 2.94 bits per heavy atom. The van der Waals surface area contributed by atoms with Crippen LogP contribution in [-0.4, -0.2) is 64.6 Å². The second kappa shape index (κ2) is 8.45. The van der Waals surface area contributed by atoms with E-state index in [1.165, 1.54) is 0 Å². The molecule has 1 saturated heterocycles. The van der Waals surface area contributed by atoms with Crippen molar-refractivity contribution in [2.75, 3.05) is 31.6 Å². The number of aromatic amines is 1. The molecule has 1 aliphatic heterocycles. The Balaban J connectivity index is 1.63. The van der Waals surface area contributed by atoms with Crippen LogP contribution >= 0.6 is 11.6 Å². The smallest absolute Gasteiger partial charge is 0.244 e. The summed E-state index contributed by atoms with van der Waals surface area (Å²) >= 11 is 6.35. The second-order valence-corrected chi connectivity index (χ2v) is 8.79. The quantitative estimate of drug-likeness (QED) is 0.563. The Morgan fingerprint density at radius 1 is 1.35 bits per heavy atom. The molecule has 8 nitrogen and oxygen atoms in total. The molecule has 2 aromatic heterocycles. The molecule has 1 atom stereocenters. The van der Waals surface area contributed by atoms with Gasteiger partial charge in [0.2, 0.25) is 11.8 Å². The molecule has 31 heavy (non-hydrogen) atoms. The van der Waals surface area contributed by atoms with Crippen LogP contribution in [0.2, 0.25) is 5.02 Å². The van der Waals surface area contributed by atoms with Gasteiger partial charge in [0.05, 0.1) is 41.7 Å². The number of anilines is 1. The van der Waals surface area contributed by atoms with Gasteiger partial charge in [0.15, 0.2) is 0 Å². The minimum atomic E-state index is -0.601. The van der Waals surface area contributed by atoms with Crippen LogP contribution in [0, 0.1) is 0 Å². The Labute approximate surface area is 185 Å². The third-order valence-electron chi connectivity index (χ3n) is 5.41. The van der Waals surface area contributed by atoms with Crippen LogP contribution in [0.25, 0.3) is 21.8 Å². The fourth-order valence-electron chi connectivity index (χ4n) is 4.03. The summed E-state index contributed by atoms with van der Waals surface area (Å²) in [5, 5.41) is 8.18. The van der Waals surface area contributed by atoms with Crippen molar-refractivity contribution in [2.24, 2.45) is 0 Å². The first-order chi connectivity index (χ1) is 14.8. The summed E-state index contributed by atoms with van der Waals surface area (Å²) in [5.41, 5.74) is 1.76. The van der Waals surface area contributed by atoms with Crippen LogP contribution in [-0.2, 0) is 14.3 Å². The monoisotopic (exact) mass is 443 g/mol. The molecule has 0 aliphatic carbocycles. The number of H-pyrrole nitrogens is 1. The molecule has 3 N–H and O–H groups in total. The van der Waals surface area contributed by atoms with E-state index in [1.54, 1.807) is 18.5 Å². The van der Waals surface area contributed by atoms with E-state index in [0.29, 0.717) is 23.8 Å². The number of likely N-dealkylation sites (N-methyl/N-ethyl adjacent to an activating group) is 1. The number of amides is 2. The highest BCUT2D eigenvalue weighted by molar-refractivity contribution is 6.33. The van der Waals surface area contributed by atoms with Crippen molar-refractivity contribution < 1.29 is 14.3 Å². The van der Waals surface area contributed by atoms with E-state index < -0.39 is 11.6 Å². The summed E-state index contributed by atoms with van der Waals surface area (Å²) in [6.45, 7) is 7.09. The summed E-state index contributed by atoms with van der Waals surface area (Å²) in [6.07, 6.45) is 3.45. The number of nitrogens with one attached hydrogen (secondary N) is 3. The van der Waals surface area contributed by atoms with Gasteiger partial charge < -0.3 is 20.4 Å². The van der Waals surface area contributed by atoms with E-state index in [1.807, 2.05) is 37.8 Å². The molecule has 1 aromatic carbocycles. The zero-order chi connectivity index (χ0) is 22.2. The second-order valence-electron chi connectivity index (χ2n) is 8.36. The lowest BCUT2D eigenvalue weighted by Crippen LogP contribution is -2.60. The van der Waals surface area contributed by atoms with Gasteiger partial charge in [-0.2, -0.15) is 0 Å². The fourth-order valence-corrected chi connectivity index (χ4v) is 4.25. The summed E-state index contributed by atoms with van der Waals surface area (Å²) < 4.78 is 5.89. The molecule has 9 heteroatoms. The number of nitrogens with zero attached hydrogens (tertiary/aromatic N) is 2. The van der Waals surface area contributed by atoms with Crippen LogP contribution in [0.5, 0.6) is 0 Å². The van der Waals surface area contributed by atoms with Crippen molar-refractivity contribution in [3.8, 4) is 0 Å². The molecule has 4 rings (SSSR count). The lowest BCUT2D eigenvalue weighted by atomic mass is 10.0. The molecule has 1 aliphatic rings. The van der Waals surface area contributed by atoms with Crippen LogP contribution in [0.15, 0.2) is 30.6 Å². The largest absolute Gasteiger partial charge is 0.372 e. The third-order valence-corrected chi connectivity index (χ3v) is 5.63. The standard InChI is InChI=1S/C22H26ClN5O3/c1-4-25-19(29)10-28-12-22(2,3)31-11-18(28)21(30)27-16-8-13(23)7-15-14-5-6-24-9-17(14)26-20(15)16/h5-9,18,26H,4,10-12H2,1-3H3,(H,25,29)(H,27,30)/t18-/m0/s1. The van der Waals surface area contributed by atoms with E-state index in [4.69, 9.17) is 16.3 Å². The maximum Gasteiger partial charge on any atom is 0.244 e. The number of fused-ring (bicyclic) bond motifs is 3. The molecule has 0 saturated carbocycles. The van der Waals surface area contributed by atoms with Gasteiger partial charge >= 0.3 is 0 Å². The Hall–Kier alpha value is -2.68. The number of aromatic nitrogens is 2. The highest BCUT2D eigenvalue weighted by Crippen LogP contribution is 2.33. The summed E-state index contributed by atoms with van der Waals surface area (Å²) in [7, 11) is 0. The molecule has 2 amide bonds. The lowest BCUT2D eigenvalue weighted by molar-refractivity contribution is -0.146. The van der Waals surface area contributed by atoms with Gasteiger partial charge in [-0.25, -0.2) is 0 Å². The number of morpholine rings is 1. The van der Waals surface area contributed by atoms with Crippen LogP contribution < -0.4 is 10.6 Å². The molecule has 0 unspecified atom stereocenters. The van der Waals surface area contributed by atoms with Crippen molar-refractivity contribution in [3.05, 3.63) is 35.6 Å². The van der Waals surface area contributed by atoms with Crippen molar-refractivity contribution in [1.29, 1.82) is 0 Å². The van der Waals surface area contributed by atoms with E-state index >= 15 is 0 Å². The Kier molecular flexibility index (Phi) is 5.88. The van der Waals surface area contributed by atoms with Gasteiger partial charge in [0.25, 0.3) is 0 Å². The number of pyridine rings is 1. The Morgan fingerprint density at radius 2 is 2.16 bits per heavy atom. The van der Waals surface area contributed by atoms with Crippen LogP contribution in [0.4, 0.5) is 5.69 Å². The zero-order valence-corrected chi connectivity index (χ0v) is 18.5. The summed E-state index contributed by atoms with van der Waals surface area (Å²) in [4.78, 5) is 34.8. The molecular weight excluding hydrogens is 418 g/mol.